The molecule has 0 saturated carbocycles. The molecule has 0 aromatic carbocycles. The Labute approximate surface area is 115 Å². The third-order valence-electron chi connectivity index (χ3n) is 3.42. The predicted octanol–water partition coefficient (Wildman–Crippen LogP) is 2.87. The summed E-state index contributed by atoms with van der Waals surface area (Å²) >= 11 is 0. The highest BCUT2D eigenvalue weighted by atomic mass is 32.2. The van der Waals surface area contributed by atoms with Gasteiger partial charge in [-0.25, -0.2) is 0 Å². The average molecular weight is 311 g/mol. The molecule has 1 aliphatic heterocycles. The van der Waals surface area contributed by atoms with E-state index in [0.29, 0.717) is 6.54 Å². The number of rotatable bonds is 2. The first-order chi connectivity index (χ1) is 8.92. The van der Waals surface area contributed by atoms with Gasteiger partial charge in [0.25, 0.3) is 0 Å². The van der Waals surface area contributed by atoms with Gasteiger partial charge >= 0.3 is 15.6 Å². The lowest BCUT2D eigenvalue weighted by Crippen LogP contribution is -2.26. The molecule has 2 atom stereocenters. The fourth-order valence-corrected chi connectivity index (χ4v) is 3.08. The van der Waals surface area contributed by atoms with Crippen LogP contribution < -0.4 is 0 Å². The lowest BCUT2D eigenvalue weighted by Gasteiger charge is -2.23. The molecule has 8 heteroatoms. The van der Waals surface area contributed by atoms with Crippen molar-refractivity contribution in [1.82, 2.24) is 0 Å². The molecule has 0 fully saturated rings. The molecule has 0 radical (unpaired) electrons. The maximum Gasteiger partial charge on any atom is 0.534 e. The van der Waals surface area contributed by atoms with Gasteiger partial charge in [0.15, 0.2) is 0 Å². The molecule has 1 heterocycles. The highest BCUT2D eigenvalue weighted by molar-refractivity contribution is 7.87. The summed E-state index contributed by atoms with van der Waals surface area (Å²) < 4.78 is 63.0. The Balaban J connectivity index is 2.18. The molecule has 0 aromatic heterocycles. The highest BCUT2D eigenvalue weighted by Gasteiger charge is 2.50. The van der Waals surface area contributed by atoms with Crippen molar-refractivity contribution in [3.63, 3.8) is 0 Å². The van der Waals surface area contributed by atoms with Gasteiger partial charge in [-0.3, -0.25) is 4.99 Å². The standard InChI is InChI=1S/C12H16F3NO3S/c1-11(2,3)10-9-5-8(4-7(9)6-16-10)19-20(17,18)12(13,14)15/h5,7,9H,4,6H2,1-3H3/t7-,9-/m0/s1. The van der Waals surface area contributed by atoms with Crippen LogP contribution in [0.15, 0.2) is 16.8 Å². The SMILES string of the molecule is CC(C)(C)C1=NC[C@@H]2CC(OS(=O)(=O)C(F)(F)F)=C[C@H]12. The Morgan fingerprint density at radius 3 is 2.40 bits per heavy atom. The van der Waals surface area contributed by atoms with Crippen molar-refractivity contribution >= 4 is 15.8 Å². The lowest BCUT2D eigenvalue weighted by atomic mass is 9.80. The third kappa shape index (κ3) is 2.70. The Hall–Kier alpha value is -1.05. The van der Waals surface area contributed by atoms with Gasteiger partial charge < -0.3 is 4.18 Å². The molecule has 2 rings (SSSR count). The largest absolute Gasteiger partial charge is 0.534 e. The summed E-state index contributed by atoms with van der Waals surface area (Å²) in [4.78, 5) is 4.42. The predicted molar refractivity (Wildman–Crippen MR) is 67.5 cm³/mol. The number of alkyl halides is 3. The molecule has 114 valence electrons. The van der Waals surface area contributed by atoms with E-state index >= 15 is 0 Å². The second-order valence-electron chi connectivity index (χ2n) is 6.08. The Morgan fingerprint density at radius 2 is 1.90 bits per heavy atom. The van der Waals surface area contributed by atoms with Gasteiger partial charge in [-0.05, 0) is 12.0 Å². The van der Waals surface area contributed by atoms with E-state index in [9.17, 15) is 21.6 Å². The highest BCUT2D eigenvalue weighted by Crippen LogP contribution is 2.42. The van der Waals surface area contributed by atoms with E-state index in [1.807, 2.05) is 20.8 Å². The van der Waals surface area contributed by atoms with E-state index in [4.69, 9.17) is 0 Å². The summed E-state index contributed by atoms with van der Waals surface area (Å²) in [6.45, 7) is 6.39. The molecule has 0 N–H and O–H groups in total. The molecular weight excluding hydrogens is 295 g/mol. The molecule has 0 spiro atoms. The molecule has 2 aliphatic rings. The van der Waals surface area contributed by atoms with Crippen molar-refractivity contribution in [2.75, 3.05) is 6.54 Å². The smallest absolute Gasteiger partial charge is 0.381 e. The van der Waals surface area contributed by atoms with Gasteiger partial charge in [-0.15, -0.1) is 0 Å². The summed E-state index contributed by atoms with van der Waals surface area (Å²) in [6, 6.07) is 0. The zero-order valence-electron chi connectivity index (χ0n) is 11.4. The first-order valence-corrected chi connectivity index (χ1v) is 7.59. The van der Waals surface area contributed by atoms with Crippen LogP contribution in [0.3, 0.4) is 0 Å². The van der Waals surface area contributed by atoms with E-state index < -0.39 is 15.6 Å². The van der Waals surface area contributed by atoms with Crippen molar-refractivity contribution < 1.29 is 25.8 Å². The molecule has 4 nitrogen and oxygen atoms in total. The fourth-order valence-electron chi connectivity index (χ4n) is 2.58. The van der Waals surface area contributed by atoms with Crippen molar-refractivity contribution in [3.8, 4) is 0 Å². The van der Waals surface area contributed by atoms with Crippen LogP contribution in [0.25, 0.3) is 0 Å². The average Bonchev–Trinajstić information content (AvgIpc) is 2.71. The van der Waals surface area contributed by atoms with Crippen LogP contribution in [0.1, 0.15) is 27.2 Å². The van der Waals surface area contributed by atoms with Gasteiger partial charge in [0.05, 0.1) is 0 Å². The molecule has 0 amide bonds. The van der Waals surface area contributed by atoms with Gasteiger partial charge in [0, 0.05) is 30.0 Å². The minimum absolute atomic E-state index is 0.00246. The van der Waals surface area contributed by atoms with Gasteiger partial charge in [0.2, 0.25) is 0 Å². The number of nitrogens with zero attached hydrogens (tertiary/aromatic N) is 1. The van der Waals surface area contributed by atoms with E-state index in [1.54, 1.807) is 0 Å². The second kappa shape index (κ2) is 4.47. The summed E-state index contributed by atoms with van der Waals surface area (Å²) in [7, 11) is -5.57. The van der Waals surface area contributed by atoms with Crippen LogP contribution in [-0.2, 0) is 14.3 Å². The van der Waals surface area contributed by atoms with Crippen LogP contribution in [0.4, 0.5) is 13.2 Å². The Kier molecular flexibility index (Phi) is 3.43. The Morgan fingerprint density at radius 1 is 1.30 bits per heavy atom. The van der Waals surface area contributed by atoms with E-state index in [2.05, 4.69) is 9.18 Å². The number of hydrogen-bond donors (Lipinski definition) is 0. The molecule has 0 saturated heterocycles. The van der Waals surface area contributed by atoms with E-state index in [0.717, 1.165) is 5.71 Å². The molecule has 20 heavy (non-hydrogen) atoms. The van der Waals surface area contributed by atoms with Crippen LogP contribution in [0.2, 0.25) is 0 Å². The zero-order valence-corrected chi connectivity index (χ0v) is 12.2. The zero-order chi connectivity index (χ0) is 15.3. The molecular formula is C12H16F3NO3S. The fraction of sp³-hybridized carbons (Fsp3) is 0.750. The van der Waals surface area contributed by atoms with Crippen LogP contribution >= 0.6 is 0 Å². The van der Waals surface area contributed by atoms with Gasteiger partial charge in [0.1, 0.15) is 5.76 Å². The monoisotopic (exact) mass is 311 g/mol. The molecule has 0 aromatic rings. The Bertz CT molecular complexity index is 570. The molecule has 0 unspecified atom stereocenters. The maximum absolute atomic E-state index is 12.3. The maximum atomic E-state index is 12.3. The quantitative estimate of drug-likeness (QED) is 0.582. The van der Waals surface area contributed by atoms with E-state index in [1.165, 1.54) is 6.08 Å². The lowest BCUT2D eigenvalue weighted by molar-refractivity contribution is -0.0523. The summed E-state index contributed by atoms with van der Waals surface area (Å²) in [5.74, 6) is -0.259. The number of hydrogen-bond acceptors (Lipinski definition) is 4. The molecule has 0 bridgehead atoms. The second-order valence-corrected chi connectivity index (χ2v) is 7.62. The van der Waals surface area contributed by atoms with Crippen molar-refractivity contribution in [2.24, 2.45) is 22.2 Å². The van der Waals surface area contributed by atoms with Crippen molar-refractivity contribution in [3.05, 3.63) is 11.8 Å². The number of fused-ring (bicyclic) bond motifs is 1. The van der Waals surface area contributed by atoms with Crippen LogP contribution in [0.5, 0.6) is 0 Å². The number of halogens is 3. The summed E-state index contributed by atoms with van der Waals surface area (Å²) in [5, 5.41) is 0. The third-order valence-corrected chi connectivity index (χ3v) is 4.42. The first-order valence-electron chi connectivity index (χ1n) is 6.18. The first kappa shape index (κ1) is 15.3. The van der Waals surface area contributed by atoms with Crippen molar-refractivity contribution in [1.29, 1.82) is 0 Å². The summed E-state index contributed by atoms with van der Waals surface area (Å²) in [6.07, 6.45) is 1.63. The topological polar surface area (TPSA) is 55.7 Å². The van der Waals surface area contributed by atoms with Crippen LogP contribution in [0, 0.1) is 17.3 Å². The van der Waals surface area contributed by atoms with Crippen LogP contribution in [-0.4, -0.2) is 26.2 Å². The van der Waals surface area contributed by atoms with E-state index in [-0.39, 0.29) is 29.4 Å². The number of allylic oxidation sites excluding steroid dienone is 2. The minimum Gasteiger partial charge on any atom is -0.381 e. The number of aliphatic imine (C=N–C) groups is 1. The normalized spacial score (nSPS) is 27.1. The molecule has 1 aliphatic carbocycles. The van der Waals surface area contributed by atoms with Crippen molar-refractivity contribution in [2.45, 2.75) is 32.7 Å². The summed E-state index contributed by atoms with van der Waals surface area (Å²) in [5.41, 5.74) is -4.72. The van der Waals surface area contributed by atoms with Gasteiger partial charge in [-0.1, -0.05) is 20.8 Å². The minimum atomic E-state index is -5.57. The van der Waals surface area contributed by atoms with Gasteiger partial charge in [-0.2, -0.15) is 21.6 Å².